The third-order valence-electron chi connectivity index (χ3n) is 2.81. The molecule has 0 saturated carbocycles. The van der Waals surface area contributed by atoms with Gasteiger partial charge in [-0.15, -0.1) is 0 Å². The third kappa shape index (κ3) is 2.32. The van der Waals surface area contributed by atoms with Gasteiger partial charge in [0.1, 0.15) is 6.07 Å². The maximum absolute atomic E-state index is 13.9. The Morgan fingerprint density at radius 2 is 2.50 bits per heavy atom. The quantitative estimate of drug-likeness (QED) is 0.815. The average Bonchev–Trinajstić information content (AvgIpc) is 2.76. The van der Waals surface area contributed by atoms with Gasteiger partial charge in [-0.2, -0.15) is 5.26 Å². The van der Waals surface area contributed by atoms with E-state index in [2.05, 4.69) is 10.3 Å². The van der Waals surface area contributed by atoms with Crippen molar-refractivity contribution in [2.75, 3.05) is 18.0 Å². The summed E-state index contributed by atoms with van der Waals surface area (Å²) in [5.74, 6) is -0.556. The van der Waals surface area contributed by atoms with Gasteiger partial charge >= 0.3 is 6.09 Å². The van der Waals surface area contributed by atoms with Crippen LogP contribution in [0, 0.1) is 17.1 Å². The van der Waals surface area contributed by atoms with Gasteiger partial charge in [0.15, 0.2) is 11.6 Å². The molecule has 2 N–H and O–H groups in total. The van der Waals surface area contributed by atoms with Gasteiger partial charge < -0.3 is 15.3 Å². The molecule has 1 fully saturated rings. The number of nitrogens with zero attached hydrogens (tertiary/aromatic N) is 3. The highest BCUT2D eigenvalue weighted by molar-refractivity contribution is 5.65. The fraction of sp³-hybridized carbons (Fsp3) is 0.364. The molecule has 0 bridgehead atoms. The summed E-state index contributed by atoms with van der Waals surface area (Å²) >= 11 is 0. The first-order valence-corrected chi connectivity index (χ1v) is 5.41. The Bertz CT molecular complexity index is 514. The molecule has 6 nitrogen and oxygen atoms in total. The summed E-state index contributed by atoms with van der Waals surface area (Å²) < 4.78 is 13.9. The molecule has 0 radical (unpaired) electrons. The average molecular weight is 250 g/mol. The van der Waals surface area contributed by atoms with Gasteiger partial charge in [0, 0.05) is 19.3 Å². The van der Waals surface area contributed by atoms with Crippen LogP contribution in [0.2, 0.25) is 0 Å². The summed E-state index contributed by atoms with van der Waals surface area (Å²) in [5, 5.41) is 19.7. The molecule has 0 aliphatic carbocycles. The van der Waals surface area contributed by atoms with Crippen molar-refractivity contribution in [2.24, 2.45) is 0 Å². The van der Waals surface area contributed by atoms with Crippen LogP contribution in [-0.4, -0.2) is 35.3 Å². The zero-order chi connectivity index (χ0) is 13.1. The molecule has 1 aliphatic heterocycles. The van der Waals surface area contributed by atoms with Crippen LogP contribution in [0.4, 0.5) is 15.0 Å². The molecule has 1 saturated heterocycles. The summed E-state index contributed by atoms with van der Waals surface area (Å²) in [4.78, 5) is 16.0. The number of carbonyl (C=O) groups is 1. The Morgan fingerprint density at radius 1 is 1.72 bits per heavy atom. The Morgan fingerprint density at radius 3 is 3.17 bits per heavy atom. The summed E-state index contributed by atoms with van der Waals surface area (Å²) in [6.45, 7) is 0.856. The highest BCUT2D eigenvalue weighted by Gasteiger charge is 2.27. The van der Waals surface area contributed by atoms with E-state index in [9.17, 15) is 9.18 Å². The van der Waals surface area contributed by atoms with Crippen LogP contribution in [0.1, 0.15) is 12.0 Å². The molecule has 1 aromatic heterocycles. The van der Waals surface area contributed by atoms with Crippen LogP contribution >= 0.6 is 0 Å². The van der Waals surface area contributed by atoms with Crippen molar-refractivity contribution in [3.63, 3.8) is 0 Å². The maximum Gasteiger partial charge on any atom is 0.404 e. The lowest BCUT2D eigenvalue weighted by molar-refractivity contribution is 0.191. The zero-order valence-electron chi connectivity index (χ0n) is 9.43. The fourth-order valence-corrected chi connectivity index (χ4v) is 1.98. The van der Waals surface area contributed by atoms with Crippen molar-refractivity contribution in [1.29, 1.82) is 5.26 Å². The molecule has 1 atom stereocenters. The van der Waals surface area contributed by atoms with Gasteiger partial charge in [-0.05, 0) is 12.5 Å². The van der Waals surface area contributed by atoms with E-state index in [4.69, 9.17) is 10.4 Å². The Balaban J connectivity index is 2.15. The molecular weight excluding hydrogens is 239 g/mol. The molecule has 1 unspecified atom stereocenters. The topological polar surface area (TPSA) is 89.3 Å². The second kappa shape index (κ2) is 4.87. The zero-order valence-corrected chi connectivity index (χ0v) is 9.43. The molecule has 18 heavy (non-hydrogen) atoms. The van der Waals surface area contributed by atoms with Crippen molar-refractivity contribution in [3.05, 3.63) is 23.6 Å². The van der Waals surface area contributed by atoms with Crippen LogP contribution in [0.3, 0.4) is 0 Å². The molecule has 0 aromatic carbocycles. The number of pyridine rings is 1. The van der Waals surface area contributed by atoms with E-state index < -0.39 is 11.9 Å². The number of amides is 1. The van der Waals surface area contributed by atoms with E-state index in [1.165, 1.54) is 12.3 Å². The molecule has 1 aliphatic rings. The number of aromatic nitrogens is 1. The minimum absolute atomic E-state index is 0.0605. The van der Waals surface area contributed by atoms with Gasteiger partial charge in [-0.25, -0.2) is 14.2 Å². The highest BCUT2D eigenvalue weighted by Crippen LogP contribution is 2.23. The lowest BCUT2D eigenvalue weighted by Gasteiger charge is -2.18. The van der Waals surface area contributed by atoms with E-state index in [1.54, 1.807) is 11.0 Å². The minimum atomic E-state index is -1.10. The SMILES string of the molecule is N#Cc1ccnc(N2CCC(NC(=O)O)C2)c1F. The third-order valence-corrected chi connectivity index (χ3v) is 2.81. The first-order valence-electron chi connectivity index (χ1n) is 5.41. The summed E-state index contributed by atoms with van der Waals surface area (Å²) in [7, 11) is 0. The normalized spacial score (nSPS) is 18.4. The monoisotopic (exact) mass is 250 g/mol. The molecule has 0 spiro atoms. The summed E-state index contributed by atoms with van der Waals surface area (Å²) in [6.07, 6.45) is 0.861. The van der Waals surface area contributed by atoms with Crippen LogP contribution in [0.5, 0.6) is 0 Å². The molecular formula is C11H11FN4O2. The number of carboxylic acid groups (broad SMARTS) is 1. The second-order valence-corrected chi connectivity index (χ2v) is 3.99. The van der Waals surface area contributed by atoms with Crippen molar-refractivity contribution < 1.29 is 14.3 Å². The van der Waals surface area contributed by atoms with Gasteiger partial charge in [-0.3, -0.25) is 0 Å². The lowest BCUT2D eigenvalue weighted by atomic mass is 10.2. The van der Waals surface area contributed by atoms with E-state index >= 15 is 0 Å². The molecule has 94 valence electrons. The lowest BCUT2D eigenvalue weighted by Crippen LogP contribution is -2.36. The number of rotatable bonds is 2. The van der Waals surface area contributed by atoms with Crippen LogP contribution in [0.25, 0.3) is 0 Å². The molecule has 2 rings (SSSR count). The van der Waals surface area contributed by atoms with Crippen molar-refractivity contribution in [3.8, 4) is 6.07 Å². The molecule has 7 heteroatoms. The van der Waals surface area contributed by atoms with Crippen LogP contribution in [0.15, 0.2) is 12.3 Å². The first-order chi connectivity index (χ1) is 8.61. The van der Waals surface area contributed by atoms with Crippen molar-refractivity contribution in [2.45, 2.75) is 12.5 Å². The van der Waals surface area contributed by atoms with E-state index in [1.807, 2.05) is 0 Å². The minimum Gasteiger partial charge on any atom is -0.465 e. The molecule has 2 heterocycles. The van der Waals surface area contributed by atoms with E-state index in [0.29, 0.717) is 19.5 Å². The smallest absolute Gasteiger partial charge is 0.404 e. The summed E-state index contributed by atoms with van der Waals surface area (Å²) in [5.41, 5.74) is -0.0605. The summed E-state index contributed by atoms with van der Waals surface area (Å²) in [6, 6.07) is 2.82. The number of anilines is 1. The highest BCUT2D eigenvalue weighted by atomic mass is 19.1. The molecule has 1 amide bonds. The number of halogens is 1. The van der Waals surface area contributed by atoms with Gasteiger partial charge in [0.05, 0.1) is 11.6 Å². The maximum atomic E-state index is 13.9. The number of nitriles is 1. The largest absolute Gasteiger partial charge is 0.465 e. The van der Waals surface area contributed by atoms with Crippen molar-refractivity contribution in [1.82, 2.24) is 10.3 Å². The number of nitrogens with one attached hydrogen (secondary N) is 1. The standard InChI is InChI=1S/C11H11FN4O2/c12-9-7(5-13)1-3-14-10(9)16-4-2-8(6-16)15-11(17)18/h1,3,8,15H,2,4,6H2,(H,17,18). The van der Waals surface area contributed by atoms with Crippen LogP contribution in [-0.2, 0) is 0 Å². The van der Waals surface area contributed by atoms with E-state index in [-0.39, 0.29) is 17.4 Å². The number of hydrogen-bond acceptors (Lipinski definition) is 4. The first kappa shape index (κ1) is 12.1. The Labute approximate surface area is 103 Å². The van der Waals surface area contributed by atoms with Gasteiger partial charge in [0.2, 0.25) is 0 Å². The second-order valence-electron chi connectivity index (χ2n) is 3.99. The predicted molar refractivity (Wildman–Crippen MR) is 60.7 cm³/mol. The fourth-order valence-electron chi connectivity index (χ4n) is 1.98. The Hall–Kier alpha value is -2.36. The van der Waals surface area contributed by atoms with E-state index in [0.717, 1.165) is 0 Å². The van der Waals surface area contributed by atoms with Crippen LogP contribution < -0.4 is 10.2 Å². The van der Waals surface area contributed by atoms with Gasteiger partial charge in [-0.1, -0.05) is 0 Å². The molecule has 1 aromatic rings. The predicted octanol–water partition coefficient (Wildman–Crippen LogP) is 0.939. The Kier molecular flexibility index (Phi) is 3.28. The van der Waals surface area contributed by atoms with Crippen molar-refractivity contribution >= 4 is 11.9 Å². The number of hydrogen-bond donors (Lipinski definition) is 2. The van der Waals surface area contributed by atoms with Gasteiger partial charge in [0.25, 0.3) is 0 Å².